The molecule has 0 radical (unpaired) electrons. The highest BCUT2D eigenvalue weighted by atomic mass is 16.7. The molecule has 2 aromatic carbocycles. The summed E-state index contributed by atoms with van der Waals surface area (Å²) in [5, 5.41) is 72.0. The van der Waals surface area contributed by atoms with Crippen molar-refractivity contribution >= 4 is 12.0 Å². The van der Waals surface area contributed by atoms with Gasteiger partial charge < -0.3 is 63.9 Å². The van der Waals surface area contributed by atoms with E-state index in [1.807, 2.05) is 0 Å². The maximum Gasteiger partial charge on any atom is 0.510 e. The molecule has 2 heterocycles. The fourth-order valence-corrected chi connectivity index (χ4v) is 4.59. The number of benzene rings is 3. The van der Waals surface area contributed by atoms with Crippen molar-refractivity contribution in [2.24, 2.45) is 0 Å². The molecular weight excluding hydrogens is 596 g/mol. The van der Waals surface area contributed by atoms with Gasteiger partial charge in [-0.05, 0) is 42.0 Å². The third kappa shape index (κ3) is 6.63. The standard InChI is InChI=1S/C31H28O14/c1-41-22-9-15(8-20(35)26(22)37)30-23(12-18-19(34)10-17(33)11-21(18)43-30)44-31-29(40)28(39)27(38)24(45-31)13-42-25(36)7-4-14-2-5-16(32)6-3-14/h2-12,24,27-29,31-32,34-35,37-40H,13H2,1H3/p+1/t24-,27-,28+,29-,31?/m1/s1. The van der Waals surface area contributed by atoms with Gasteiger partial charge in [-0.25, -0.2) is 0 Å². The van der Waals surface area contributed by atoms with Crippen LogP contribution in [-0.4, -0.2) is 90.9 Å². The number of aliphatic hydroxyl groups excluding tert-OH is 3. The monoisotopic (exact) mass is 625 g/mol. The number of phenolic OH excluding ortho intramolecular Hbond substituents is 4. The fraction of sp³-hybridized carbons (Fsp3) is 0.226. The van der Waals surface area contributed by atoms with Crippen LogP contribution in [0.25, 0.3) is 28.7 Å². The average Bonchev–Trinajstić information content (AvgIpc) is 3.01. The van der Waals surface area contributed by atoms with Crippen molar-refractivity contribution in [1.29, 1.82) is 0 Å². The van der Waals surface area contributed by atoms with Crippen molar-refractivity contribution in [3.63, 3.8) is 0 Å². The van der Waals surface area contributed by atoms with Crippen molar-refractivity contribution in [3.05, 3.63) is 76.5 Å². The van der Waals surface area contributed by atoms with E-state index in [0.717, 1.165) is 18.2 Å². The third-order valence-corrected chi connectivity index (χ3v) is 6.96. The van der Waals surface area contributed by atoms with Gasteiger partial charge in [0.05, 0.1) is 18.7 Å². The van der Waals surface area contributed by atoms with Gasteiger partial charge >= 0.3 is 5.97 Å². The van der Waals surface area contributed by atoms with Crippen LogP contribution < -0.4 is 14.9 Å². The van der Waals surface area contributed by atoms with Crippen molar-refractivity contribution < 1.29 is 63.9 Å². The average molecular weight is 626 g/mol. The Kier molecular flexibility index (Phi) is 8.83. The maximum absolute atomic E-state index is 12.0. The normalized spacial score (nSPS) is 21.6. The van der Waals surface area contributed by atoms with Gasteiger partial charge in [-0.3, -0.25) is 4.79 Å². The SMILES string of the molecule is COc1cc(-c2oc3cc(=O)cc(O)c-3cc2OC2O[C@H](COC(=[OH+])C=Cc3ccc(O)cc3)[C@@H](O)[C@H](O)[C@H]2O)cc(O)c1O. The molecule has 1 saturated heterocycles. The molecule has 2 aromatic rings. The molecule has 0 aromatic heterocycles. The molecule has 8 N–H and O–H groups in total. The summed E-state index contributed by atoms with van der Waals surface area (Å²) in [5.41, 5.74) is 0.158. The molecule has 14 nitrogen and oxygen atoms in total. The first-order chi connectivity index (χ1) is 21.4. The van der Waals surface area contributed by atoms with Gasteiger partial charge in [-0.2, -0.15) is 0 Å². The second-order valence-electron chi connectivity index (χ2n) is 10.0. The summed E-state index contributed by atoms with van der Waals surface area (Å²) in [6.45, 7) is -0.498. The quantitative estimate of drug-likeness (QED) is 0.0640. The van der Waals surface area contributed by atoms with Crippen LogP contribution in [0.3, 0.4) is 0 Å². The Labute approximate surface area is 254 Å². The van der Waals surface area contributed by atoms with E-state index in [1.165, 1.54) is 43.5 Å². The van der Waals surface area contributed by atoms with Crippen LogP contribution in [0.4, 0.5) is 0 Å². The van der Waals surface area contributed by atoms with Gasteiger partial charge in [-0.1, -0.05) is 12.1 Å². The van der Waals surface area contributed by atoms with E-state index in [1.54, 1.807) is 12.1 Å². The van der Waals surface area contributed by atoms with E-state index in [0.29, 0.717) is 5.56 Å². The first-order valence-electron chi connectivity index (χ1n) is 13.4. The van der Waals surface area contributed by atoms with Gasteiger partial charge in [0.15, 0.2) is 34.5 Å². The molecule has 1 aliphatic carbocycles. The van der Waals surface area contributed by atoms with E-state index in [-0.39, 0.29) is 39.9 Å². The number of hydrogen-bond donors (Lipinski definition) is 7. The minimum absolute atomic E-state index is 0.0222. The second kappa shape index (κ2) is 12.8. The predicted octanol–water partition coefficient (Wildman–Crippen LogP) is 1.66. The van der Waals surface area contributed by atoms with Crippen molar-refractivity contribution in [1.82, 2.24) is 0 Å². The van der Waals surface area contributed by atoms with Gasteiger partial charge in [0.1, 0.15) is 35.6 Å². The smallest absolute Gasteiger partial charge is 0.508 e. The van der Waals surface area contributed by atoms with E-state index < -0.39 is 66.0 Å². The van der Waals surface area contributed by atoms with Crippen LogP contribution in [0.15, 0.2) is 69.9 Å². The Bertz CT molecular complexity index is 1740. The molecule has 0 spiro atoms. The molecule has 14 heteroatoms. The molecule has 3 aliphatic rings. The summed E-state index contributed by atoms with van der Waals surface area (Å²) in [7, 11) is 1.24. The number of aromatic hydroxyl groups is 4. The lowest BCUT2D eigenvalue weighted by molar-refractivity contribution is -0.276. The highest BCUT2D eigenvalue weighted by Gasteiger charge is 2.47. The Morgan fingerprint density at radius 3 is 2.36 bits per heavy atom. The maximum atomic E-state index is 12.0. The van der Waals surface area contributed by atoms with Gasteiger partial charge in [0.2, 0.25) is 18.6 Å². The molecular formula is C31H29O14+. The number of ether oxygens (including phenoxy) is 4. The molecule has 236 valence electrons. The zero-order valence-electron chi connectivity index (χ0n) is 23.5. The Morgan fingerprint density at radius 2 is 1.64 bits per heavy atom. The minimum Gasteiger partial charge on any atom is -0.508 e. The minimum atomic E-state index is -1.83. The number of fused-ring (bicyclic) bond motifs is 1. The number of carbonyl (C=O) groups excluding carboxylic acids is 1. The van der Waals surface area contributed by atoms with Crippen LogP contribution >= 0.6 is 0 Å². The zero-order chi connectivity index (χ0) is 32.4. The first kappa shape index (κ1) is 31.2. The third-order valence-electron chi connectivity index (χ3n) is 6.96. The number of esters is 1. The summed E-state index contributed by atoms with van der Waals surface area (Å²) in [5.74, 6) is -2.73. The first-order valence-corrected chi connectivity index (χ1v) is 13.4. The summed E-state index contributed by atoms with van der Waals surface area (Å²) in [6, 6.07) is 11.8. The lowest BCUT2D eigenvalue weighted by Gasteiger charge is -2.39. The van der Waals surface area contributed by atoms with Crippen LogP contribution in [0.2, 0.25) is 0 Å². The summed E-state index contributed by atoms with van der Waals surface area (Å²) >= 11 is 0. The highest BCUT2D eigenvalue weighted by molar-refractivity contribution is 5.88. The van der Waals surface area contributed by atoms with Crippen LogP contribution in [0.5, 0.6) is 34.5 Å². The lowest BCUT2D eigenvalue weighted by atomic mass is 9.99. The number of methoxy groups -OCH3 is 1. The topological polar surface area (TPSA) is 230 Å². The van der Waals surface area contributed by atoms with E-state index in [4.69, 9.17) is 23.4 Å². The predicted molar refractivity (Wildman–Crippen MR) is 156 cm³/mol. The molecule has 0 bridgehead atoms. The van der Waals surface area contributed by atoms with Gasteiger partial charge in [-0.15, -0.1) is 0 Å². The molecule has 45 heavy (non-hydrogen) atoms. The summed E-state index contributed by atoms with van der Waals surface area (Å²) < 4.78 is 27.8. The molecule has 2 aliphatic heterocycles. The van der Waals surface area contributed by atoms with E-state index in [9.17, 15) is 45.3 Å². The Morgan fingerprint density at radius 1 is 0.911 bits per heavy atom. The van der Waals surface area contributed by atoms with Crippen LogP contribution in [-0.2, 0) is 9.47 Å². The largest absolute Gasteiger partial charge is 0.510 e. The van der Waals surface area contributed by atoms with E-state index >= 15 is 0 Å². The molecule has 1 fully saturated rings. The van der Waals surface area contributed by atoms with Crippen LogP contribution in [0.1, 0.15) is 5.56 Å². The fourth-order valence-electron chi connectivity index (χ4n) is 4.59. The Hall–Kier alpha value is -5.28. The zero-order valence-corrected chi connectivity index (χ0v) is 23.5. The summed E-state index contributed by atoms with van der Waals surface area (Å²) in [6.07, 6.45) is -5.63. The molecule has 0 saturated carbocycles. The number of rotatable bonds is 8. The van der Waals surface area contributed by atoms with Crippen molar-refractivity contribution in [2.45, 2.75) is 30.7 Å². The molecule has 0 amide bonds. The number of aliphatic hydroxyl groups is 3. The van der Waals surface area contributed by atoms with Crippen molar-refractivity contribution in [2.75, 3.05) is 13.7 Å². The van der Waals surface area contributed by atoms with E-state index in [2.05, 4.69) is 0 Å². The van der Waals surface area contributed by atoms with Gasteiger partial charge in [0.25, 0.3) is 0 Å². The molecule has 5 rings (SSSR count). The lowest BCUT2D eigenvalue weighted by Crippen LogP contribution is -2.60. The van der Waals surface area contributed by atoms with Crippen molar-refractivity contribution in [3.8, 4) is 57.1 Å². The number of hydrogen-bond acceptors (Lipinski definition) is 13. The Balaban J connectivity index is 1.43. The molecule has 5 atom stereocenters. The molecule has 1 unspecified atom stereocenters. The second-order valence-corrected chi connectivity index (χ2v) is 10.0. The van der Waals surface area contributed by atoms with Crippen LogP contribution in [0, 0.1) is 0 Å². The highest BCUT2D eigenvalue weighted by Crippen LogP contribution is 2.45. The number of phenols is 4. The summed E-state index contributed by atoms with van der Waals surface area (Å²) in [4.78, 5) is 22.2. The van der Waals surface area contributed by atoms with Gasteiger partial charge in [0, 0.05) is 17.7 Å².